The molecule has 1 amide bonds. The number of likely N-dealkylation sites (tertiary alicyclic amines) is 1. The van der Waals surface area contributed by atoms with Crippen LogP contribution in [0.25, 0.3) is 11.1 Å². The molecular formula is C19H19N3O4. The second-order valence-corrected chi connectivity index (χ2v) is 6.55. The first kappa shape index (κ1) is 16.5. The molecule has 0 aliphatic carbocycles. The Morgan fingerprint density at radius 1 is 1.19 bits per heavy atom. The van der Waals surface area contributed by atoms with Crippen molar-refractivity contribution in [1.82, 2.24) is 14.5 Å². The van der Waals surface area contributed by atoms with E-state index in [9.17, 15) is 14.7 Å². The molecule has 1 aliphatic rings. The maximum absolute atomic E-state index is 12.8. The molecule has 1 aliphatic heterocycles. The van der Waals surface area contributed by atoms with Crippen LogP contribution in [0.4, 0.5) is 0 Å². The lowest BCUT2D eigenvalue weighted by Gasteiger charge is -2.16. The van der Waals surface area contributed by atoms with Gasteiger partial charge in [0.2, 0.25) is 5.91 Å². The molecule has 0 bridgehead atoms. The van der Waals surface area contributed by atoms with Gasteiger partial charge in [-0.15, -0.1) is 0 Å². The highest BCUT2D eigenvalue weighted by molar-refractivity contribution is 5.80. The van der Waals surface area contributed by atoms with Crippen molar-refractivity contribution < 1.29 is 14.3 Å². The molecule has 1 aromatic carbocycles. The number of pyridine rings is 1. The number of amides is 1. The van der Waals surface area contributed by atoms with Crippen LogP contribution in [-0.4, -0.2) is 45.2 Å². The van der Waals surface area contributed by atoms with Crippen molar-refractivity contribution in [2.45, 2.75) is 12.5 Å². The lowest BCUT2D eigenvalue weighted by Crippen LogP contribution is -2.34. The molecule has 134 valence electrons. The van der Waals surface area contributed by atoms with E-state index in [4.69, 9.17) is 4.42 Å². The third-order valence-electron chi connectivity index (χ3n) is 5.03. The summed E-state index contributed by atoms with van der Waals surface area (Å²) in [5, 5.41) is 9.72. The summed E-state index contributed by atoms with van der Waals surface area (Å²) >= 11 is 0. The monoisotopic (exact) mass is 353 g/mol. The molecule has 0 radical (unpaired) electrons. The van der Waals surface area contributed by atoms with Crippen molar-refractivity contribution in [2.75, 3.05) is 19.7 Å². The molecule has 7 heteroatoms. The number of hydrogen-bond donors (Lipinski definition) is 1. The second kappa shape index (κ2) is 6.76. The highest BCUT2D eigenvalue weighted by atomic mass is 16.4. The number of para-hydroxylation sites is 2. The number of nitrogens with zero attached hydrogens (tertiary/aromatic N) is 3. The van der Waals surface area contributed by atoms with Gasteiger partial charge in [-0.1, -0.05) is 12.1 Å². The zero-order chi connectivity index (χ0) is 18.1. The van der Waals surface area contributed by atoms with Crippen molar-refractivity contribution in [2.24, 2.45) is 5.92 Å². The number of benzene rings is 1. The molecule has 2 unspecified atom stereocenters. The fraction of sp³-hybridized carbons (Fsp3) is 0.316. The Morgan fingerprint density at radius 2 is 1.96 bits per heavy atom. The van der Waals surface area contributed by atoms with Crippen LogP contribution >= 0.6 is 0 Å². The fourth-order valence-corrected chi connectivity index (χ4v) is 3.65. The van der Waals surface area contributed by atoms with E-state index in [1.165, 1.54) is 4.57 Å². The lowest BCUT2D eigenvalue weighted by molar-refractivity contribution is -0.131. The normalized spacial score (nSPS) is 20.0. The van der Waals surface area contributed by atoms with E-state index < -0.39 is 5.76 Å². The highest BCUT2D eigenvalue weighted by Crippen LogP contribution is 2.32. The second-order valence-electron chi connectivity index (χ2n) is 6.55. The molecule has 0 saturated carbocycles. The zero-order valence-electron chi connectivity index (χ0n) is 14.1. The average molecular weight is 353 g/mol. The first-order valence-corrected chi connectivity index (χ1v) is 8.54. The van der Waals surface area contributed by atoms with Gasteiger partial charge in [-0.2, -0.15) is 0 Å². The number of aliphatic hydroxyl groups is 1. The maximum Gasteiger partial charge on any atom is 0.420 e. The number of carbonyl (C=O) groups is 1. The summed E-state index contributed by atoms with van der Waals surface area (Å²) in [6.07, 6.45) is 3.43. The van der Waals surface area contributed by atoms with E-state index in [-0.39, 0.29) is 30.9 Å². The Morgan fingerprint density at radius 3 is 2.73 bits per heavy atom. The summed E-state index contributed by atoms with van der Waals surface area (Å²) < 4.78 is 6.54. The minimum atomic E-state index is -0.539. The Kier molecular flexibility index (Phi) is 4.30. The molecule has 26 heavy (non-hydrogen) atoms. The van der Waals surface area contributed by atoms with E-state index in [0.29, 0.717) is 24.2 Å². The largest absolute Gasteiger partial charge is 0.420 e. The van der Waals surface area contributed by atoms with Gasteiger partial charge in [0.05, 0.1) is 5.52 Å². The van der Waals surface area contributed by atoms with Gasteiger partial charge in [0.25, 0.3) is 0 Å². The number of carbonyl (C=O) groups excluding carboxylic acids is 1. The molecule has 0 spiro atoms. The van der Waals surface area contributed by atoms with Crippen molar-refractivity contribution in [3.63, 3.8) is 0 Å². The van der Waals surface area contributed by atoms with Gasteiger partial charge in [0.15, 0.2) is 5.58 Å². The van der Waals surface area contributed by atoms with Crippen molar-refractivity contribution in [1.29, 1.82) is 0 Å². The molecule has 3 aromatic rings. The number of hydrogen-bond acceptors (Lipinski definition) is 5. The fourth-order valence-electron chi connectivity index (χ4n) is 3.65. The van der Waals surface area contributed by atoms with Crippen LogP contribution < -0.4 is 5.76 Å². The van der Waals surface area contributed by atoms with Crippen molar-refractivity contribution in [3.8, 4) is 0 Å². The molecule has 4 rings (SSSR count). The molecule has 1 N–H and O–H groups in total. The van der Waals surface area contributed by atoms with E-state index in [1.807, 2.05) is 12.1 Å². The van der Waals surface area contributed by atoms with Gasteiger partial charge in [-0.05, 0) is 29.8 Å². The number of aromatic nitrogens is 2. The summed E-state index contributed by atoms with van der Waals surface area (Å²) in [4.78, 5) is 30.6. The lowest BCUT2D eigenvalue weighted by atomic mass is 9.90. The molecule has 2 atom stereocenters. The third kappa shape index (κ3) is 2.90. The zero-order valence-corrected chi connectivity index (χ0v) is 14.1. The summed E-state index contributed by atoms with van der Waals surface area (Å²) in [5.41, 5.74) is 2.13. The smallest absolute Gasteiger partial charge is 0.408 e. The third-order valence-corrected chi connectivity index (χ3v) is 5.03. The predicted molar refractivity (Wildman–Crippen MR) is 94.6 cm³/mol. The minimum Gasteiger partial charge on any atom is -0.408 e. The minimum absolute atomic E-state index is 0.00532. The van der Waals surface area contributed by atoms with Crippen molar-refractivity contribution in [3.05, 3.63) is 64.9 Å². The highest BCUT2D eigenvalue weighted by Gasteiger charge is 2.35. The molecule has 1 fully saturated rings. The van der Waals surface area contributed by atoms with Gasteiger partial charge in [-0.3, -0.25) is 14.3 Å². The van der Waals surface area contributed by atoms with E-state index in [2.05, 4.69) is 4.98 Å². The topological polar surface area (TPSA) is 88.6 Å². The number of aliphatic hydroxyl groups excluding tert-OH is 1. The van der Waals surface area contributed by atoms with E-state index in [0.717, 1.165) is 5.56 Å². The molecule has 3 heterocycles. The van der Waals surface area contributed by atoms with Gasteiger partial charge < -0.3 is 14.4 Å². The Balaban J connectivity index is 1.55. The van der Waals surface area contributed by atoms with Crippen LogP contribution in [0.2, 0.25) is 0 Å². The van der Waals surface area contributed by atoms with Crippen LogP contribution in [0.1, 0.15) is 11.5 Å². The summed E-state index contributed by atoms with van der Waals surface area (Å²) in [6.45, 7) is 0.911. The Labute approximate surface area is 149 Å². The Bertz CT molecular complexity index is 979. The summed E-state index contributed by atoms with van der Waals surface area (Å²) in [7, 11) is 0. The maximum atomic E-state index is 12.8. The molecule has 7 nitrogen and oxygen atoms in total. The molecule has 1 saturated heterocycles. The van der Waals surface area contributed by atoms with Crippen molar-refractivity contribution >= 4 is 17.0 Å². The van der Waals surface area contributed by atoms with E-state index in [1.54, 1.807) is 41.6 Å². The van der Waals surface area contributed by atoms with Crippen LogP contribution in [0.3, 0.4) is 0 Å². The SMILES string of the molecule is O=C(Cn1c(=O)oc2ccccc21)N1CC(CO)C(c2ccncc2)C1. The van der Waals surface area contributed by atoms with Crippen LogP contribution in [0.5, 0.6) is 0 Å². The number of oxazole rings is 1. The number of fused-ring (bicyclic) bond motifs is 1. The average Bonchev–Trinajstić information content (AvgIpc) is 3.24. The van der Waals surface area contributed by atoms with Crippen LogP contribution in [0.15, 0.2) is 58.0 Å². The standard InChI is InChI=1S/C19H19N3O4/c23-12-14-9-21(10-15(14)13-5-7-20-8-6-13)18(24)11-22-16-3-1-2-4-17(16)26-19(22)25/h1-8,14-15,23H,9-12H2. The molecule has 2 aromatic heterocycles. The van der Waals surface area contributed by atoms with E-state index >= 15 is 0 Å². The predicted octanol–water partition coefficient (Wildman–Crippen LogP) is 1.22. The first-order valence-electron chi connectivity index (χ1n) is 8.54. The summed E-state index contributed by atoms with van der Waals surface area (Å²) in [5.74, 6) is -0.666. The molecular weight excluding hydrogens is 334 g/mol. The Hall–Kier alpha value is -2.93. The van der Waals surface area contributed by atoms with Gasteiger partial charge in [0.1, 0.15) is 6.54 Å². The quantitative estimate of drug-likeness (QED) is 0.762. The van der Waals surface area contributed by atoms with Crippen LogP contribution in [0, 0.1) is 5.92 Å². The number of rotatable bonds is 4. The van der Waals surface area contributed by atoms with Crippen LogP contribution in [-0.2, 0) is 11.3 Å². The first-order chi connectivity index (χ1) is 12.7. The van der Waals surface area contributed by atoms with Gasteiger partial charge in [-0.25, -0.2) is 4.79 Å². The summed E-state index contributed by atoms with van der Waals surface area (Å²) in [6, 6.07) is 10.9. The van der Waals surface area contributed by atoms with Gasteiger partial charge >= 0.3 is 5.76 Å². The van der Waals surface area contributed by atoms with Gasteiger partial charge in [0, 0.05) is 43.9 Å².